The van der Waals surface area contributed by atoms with Gasteiger partial charge in [-0.3, -0.25) is 24.0 Å². The molecule has 0 amide bonds. The molecular weight excluding hydrogens is 696 g/mol. The molecule has 2 aromatic carbocycles. The van der Waals surface area contributed by atoms with Gasteiger partial charge in [0, 0.05) is 30.9 Å². The van der Waals surface area contributed by atoms with Crippen LogP contribution in [0.4, 0.5) is 0 Å². The summed E-state index contributed by atoms with van der Waals surface area (Å²) in [6.45, 7) is 5.74. The third kappa shape index (κ3) is 13.7. The fourth-order valence-corrected chi connectivity index (χ4v) is 5.20. The molecule has 1 aliphatic heterocycles. The number of aromatic hydroxyl groups is 1. The number of hydrogen-bond donors (Lipinski definition) is 2. The summed E-state index contributed by atoms with van der Waals surface area (Å²) in [5.41, 5.74) is 3.47. The van der Waals surface area contributed by atoms with Crippen molar-refractivity contribution in [3.63, 3.8) is 0 Å². The Balaban J connectivity index is 1.35. The number of carbonyl (C=O) groups excluding carboxylic acids is 6. The summed E-state index contributed by atoms with van der Waals surface area (Å²) >= 11 is 0. The Bertz CT molecular complexity index is 1670. The minimum absolute atomic E-state index is 0.0117. The maximum atomic E-state index is 12.5. The molecule has 1 aliphatic rings. The molecule has 15 heteroatoms. The van der Waals surface area contributed by atoms with Crippen molar-refractivity contribution in [3.05, 3.63) is 63.7 Å². The van der Waals surface area contributed by atoms with E-state index < -0.39 is 42.2 Å². The van der Waals surface area contributed by atoms with Crippen molar-refractivity contribution in [2.75, 3.05) is 20.3 Å². The highest BCUT2D eigenvalue weighted by atomic mass is 16.6. The summed E-state index contributed by atoms with van der Waals surface area (Å²) in [5.74, 6) is -2.75. The maximum Gasteiger partial charge on any atom is 0.342 e. The summed E-state index contributed by atoms with van der Waals surface area (Å²) in [4.78, 5) is 72.4. The van der Waals surface area contributed by atoms with Crippen LogP contribution in [0.5, 0.6) is 17.2 Å². The highest BCUT2D eigenvalue weighted by molar-refractivity contribution is 5.98. The summed E-state index contributed by atoms with van der Waals surface area (Å²) in [6, 6.07) is 6.19. The van der Waals surface area contributed by atoms with Crippen LogP contribution in [0.2, 0.25) is 0 Å². The van der Waals surface area contributed by atoms with Crippen molar-refractivity contribution >= 4 is 35.6 Å². The fourth-order valence-electron chi connectivity index (χ4n) is 5.20. The van der Waals surface area contributed by atoms with Crippen LogP contribution in [-0.2, 0) is 67.3 Å². The van der Waals surface area contributed by atoms with Crippen LogP contribution >= 0.6 is 0 Å². The van der Waals surface area contributed by atoms with E-state index >= 15 is 0 Å². The van der Waals surface area contributed by atoms with Crippen LogP contribution in [-0.4, -0.2) is 78.6 Å². The Labute approximate surface area is 307 Å². The van der Waals surface area contributed by atoms with Gasteiger partial charge in [0.15, 0.2) is 12.4 Å². The molecule has 0 radical (unpaired) electrons. The Morgan fingerprint density at radius 2 is 1.57 bits per heavy atom. The molecule has 0 bridgehead atoms. The topological polar surface area (TPSA) is 207 Å². The van der Waals surface area contributed by atoms with Gasteiger partial charge in [0.05, 0.1) is 33.0 Å². The maximum absolute atomic E-state index is 12.5. The molecule has 0 fully saturated rings. The number of benzene rings is 2. The molecule has 0 saturated heterocycles. The lowest BCUT2D eigenvalue weighted by molar-refractivity contribution is -0.170. The summed E-state index contributed by atoms with van der Waals surface area (Å²) < 4.78 is 36.1. The van der Waals surface area contributed by atoms with Crippen molar-refractivity contribution < 1.29 is 72.1 Å². The van der Waals surface area contributed by atoms with E-state index in [0.29, 0.717) is 28.9 Å². The number of cyclic esters (lactones) is 1. The summed E-state index contributed by atoms with van der Waals surface area (Å²) in [7, 11) is 1.49. The van der Waals surface area contributed by atoms with Gasteiger partial charge in [-0.15, -0.1) is 0 Å². The average molecular weight is 743 g/mol. The first kappa shape index (κ1) is 42.1. The van der Waals surface area contributed by atoms with E-state index in [1.807, 2.05) is 13.0 Å². The van der Waals surface area contributed by atoms with Crippen LogP contribution < -0.4 is 9.47 Å². The second kappa shape index (κ2) is 20.7. The van der Waals surface area contributed by atoms with Gasteiger partial charge in [0.2, 0.25) is 0 Å². The number of phenolic OH excluding ortho intramolecular Hbond substituents is 1. The molecule has 2 N–H and O–H groups in total. The van der Waals surface area contributed by atoms with E-state index in [1.165, 1.54) is 33.1 Å². The molecule has 0 saturated carbocycles. The van der Waals surface area contributed by atoms with E-state index in [0.717, 1.165) is 11.1 Å². The molecule has 288 valence electrons. The first-order valence-corrected chi connectivity index (χ1v) is 17.0. The largest absolute Gasteiger partial charge is 0.507 e. The van der Waals surface area contributed by atoms with E-state index in [9.17, 15) is 39.0 Å². The molecule has 2 unspecified atom stereocenters. The third-order valence-corrected chi connectivity index (χ3v) is 8.09. The zero-order valence-corrected chi connectivity index (χ0v) is 30.5. The molecule has 0 aliphatic carbocycles. The van der Waals surface area contributed by atoms with E-state index in [1.54, 1.807) is 19.1 Å². The van der Waals surface area contributed by atoms with Gasteiger partial charge in [-0.25, -0.2) is 4.79 Å². The van der Waals surface area contributed by atoms with Gasteiger partial charge in [-0.2, -0.15) is 0 Å². The molecule has 53 heavy (non-hydrogen) atoms. The number of rotatable bonds is 21. The number of ketones is 1. The molecule has 2 atom stereocenters. The van der Waals surface area contributed by atoms with Gasteiger partial charge in [-0.05, 0) is 56.9 Å². The Hall–Kier alpha value is -5.28. The standard InChI is InChI=1S/C38H46O15/c1-22(7-14-30-36(45)35-31(21-51-38(35)46)23(2)37(30)47-5)6-10-27(41)11-15-32(42)50-18-26-8-12-28(13-9-26)52-33(43)16-17-34(44)53-29(19-48-24(3)39)20-49-25(4)40/h7-9,12-13,24,29,39,45H,6,10-11,14-21H2,1-5H3/b22-7+. The summed E-state index contributed by atoms with van der Waals surface area (Å²) in [5, 5.41) is 20.0. The van der Waals surface area contributed by atoms with E-state index in [4.69, 9.17) is 33.2 Å². The predicted octanol–water partition coefficient (Wildman–Crippen LogP) is 4.26. The second-order valence-corrected chi connectivity index (χ2v) is 12.3. The predicted molar refractivity (Wildman–Crippen MR) is 185 cm³/mol. The minimum Gasteiger partial charge on any atom is -0.507 e. The number of Topliss-reactive ketones (excluding diaryl/α,β-unsaturated/α-hetero) is 1. The van der Waals surface area contributed by atoms with Crippen LogP contribution in [0.15, 0.2) is 35.9 Å². The molecule has 0 spiro atoms. The Morgan fingerprint density at radius 1 is 0.906 bits per heavy atom. The normalized spacial score (nSPS) is 13.3. The Morgan fingerprint density at radius 3 is 2.23 bits per heavy atom. The van der Waals surface area contributed by atoms with Gasteiger partial charge < -0.3 is 43.4 Å². The number of fused-ring (bicyclic) bond motifs is 1. The zero-order chi connectivity index (χ0) is 39.1. The molecule has 3 rings (SSSR count). The third-order valence-electron chi connectivity index (χ3n) is 8.09. The highest BCUT2D eigenvalue weighted by Gasteiger charge is 2.32. The number of methoxy groups -OCH3 is 1. The lowest BCUT2D eigenvalue weighted by Gasteiger charge is -2.18. The fraction of sp³-hybridized carbons (Fsp3) is 0.474. The SMILES string of the molecule is COc1c(C)c2c(c(O)c1C/C=C(\C)CCC(=O)CCC(=O)OCc1ccc(OC(=O)CCC(=O)OC(COC(C)=O)COC(C)O)cc1)C(=O)OC2. The zero-order valence-electron chi connectivity index (χ0n) is 30.5. The number of esters is 5. The first-order chi connectivity index (χ1) is 25.2. The monoisotopic (exact) mass is 742 g/mol. The number of aliphatic hydroxyl groups is 1. The van der Waals surface area contributed by atoms with Crippen LogP contribution in [0.3, 0.4) is 0 Å². The van der Waals surface area contributed by atoms with E-state index in [2.05, 4.69) is 0 Å². The first-order valence-electron chi connectivity index (χ1n) is 17.0. The number of carbonyl (C=O) groups is 6. The summed E-state index contributed by atoms with van der Waals surface area (Å²) in [6.07, 6.45) is 0.0296. The number of ether oxygens (including phenoxy) is 7. The number of hydrogen-bond acceptors (Lipinski definition) is 15. The lowest BCUT2D eigenvalue weighted by atomic mass is 9.94. The lowest BCUT2D eigenvalue weighted by Crippen LogP contribution is -2.31. The molecule has 15 nitrogen and oxygen atoms in total. The number of aliphatic hydroxyl groups excluding tert-OH is 1. The van der Waals surface area contributed by atoms with Gasteiger partial charge in [0.25, 0.3) is 0 Å². The molecule has 1 heterocycles. The van der Waals surface area contributed by atoms with Gasteiger partial charge in [-0.1, -0.05) is 23.8 Å². The van der Waals surface area contributed by atoms with Crippen molar-refractivity contribution in [1.82, 2.24) is 0 Å². The van der Waals surface area contributed by atoms with Gasteiger partial charge >= 0.3 is 29.8 Å². The number of allylic oxidation sites excluding steroid dienone is 2. The van der Waals surface area contributed by atoms with Crippen molar-refractivity contribution in [1.29, 1.82) is 0 Å². The Kier molecular flexibility index (Phi) is 16.4. The quantitative estimate of drug-likeness (QED) is 0.0602. The smallest absolute Gasteiger partial charge is 0.342 e. The minimum atomic E-state index is -1.12. The average Bonchev–Trinajstić information content (AvgIpc) is 3.52. The second-order valence-electron chi connectivity index (χ2n) is 12.3. The highest BCUT2D eigenvalue weighted by Crippen LogP contribution is 2.42. The van der Waals surface area contributed by atoms with Crippen molar-refractivity contribution in [2.24, 2.45) is 0 Å². The van der Waals surface area contributed by atoms with E-state index in [-0.39, 0.29) is 87.8 Å². The van der Waals surface area contributed by atoms with Crippen LogP contribution in [0.1, 0.15) is 91.9 Å². The molecule has 0 aromatic heterocycles. The molecule has 2 aromatic rings. The number of phenols is 1. The van der Waals surface area contributed by atoms with Crippen LogP contribution in [0.25, 0.3) is 0 Å². The van der Waals surface area contributed by atoms with Crippen molar-refractivity contribution in [2.45, 2.75) is 98.2 Å². The van der Waals surface area contributed by atoms with Gasteiger partial charge in [0.1, 0.15) is 48.4 Å². The van der Waals surface area contributed by atoms with Crippen molar-refractivity contribution in [3.8, 4) is 17.2 Å². The van der Waals surface area contributed by atoms with Crippen LogP contribution in [0, 0.1) is 6.92 Å². The molecular formula is C38H46O15.